The van der Waals surface area contributed by atoms with Crippen LogP contribution in [0.3, 0.4) is 0 Å². The van der Waals surface area contributed by atoms with Gasteiger partial charge in [0, 0.05) is 19.3 Å². The summed E-state index contributed by atoms with van der Waals surface area (Å²) in [6.07, 6.45) is 0.428. The number of aromatic nitrogens is 3. The first-order valence-corrected chi connectivity index (χ1v) is 17.6. The summed E-state index contributed by atoms with van der Waals surface area (Å²) >= 11 is 0. The summed E-state index contributed by atoms with van der Waals surface area (Å²) in [5, 5.41) is 24.6. The van der Waals surface area contributed by atoms with Crippen molar-refractivity contribution in [3.63, 3.8) is 0 Å². The highest BCUT2D eigenvalue weighted by Crippen LogP contribution is 2.33. The molecular formula is C41H48N4O5. The van der Waals surface area contributed by atoms with E-state index in [1.54, 1.807) is 0 Å². The van der Waals surface area contributed by atoms with E-state index in [0.29, 0.717) is 33.0 Å². The number of nitrogens with zero attached hydrogens (tertiary/aromatic N) is 3. The standard InChI is InChI=1S/C41H48N4O5/c1-2-3-24-45-26-35(43-44-45)25-42-36-37(46)39(48-28-32-18-10-5-11-19-32)41(50-30-34-22-14-7-15-23-34)40(49-29-33-20-12-6-13-21-33)38(36)47-27-31-16-8-4-9-17-31/h4-23,26,36-42,46H,2-3,24-25,27-30H2,1H3/t36-,37-,38+,39+,40-,41-/m1/s1. The lowest BCUT2D eigenvalue weighted by molar-refractivity contribution is -0.251. The number of nitrogens with one attached hydrogen (secondary N) is 1. The summed E-state index contributed by atoms with van der Waals surface area (Å²) in [5.74, 6) is 0. The van der Waals surface area contributed by atoms with E-state index in [1.165, 1.54) is 0 Å². The van der Waals surface area contributed by atoms with Crippen LogP contribution in [0.1, 0.15) is 47.7 Å². The molecule has 2 N–H and O–H groups in total. The monoisotopic (exact) mass is 676 g/mol. The number of rotatable bonds is 18. The maximum absolute atomic E-state index is 12.3. The van der Waals surface area contributed by atoms with Crippen LogP contribution >= 0.6 is 0 Å². The molecule has 6 atom stereocenters. The molecule has 9 heteroatoms. The van der Waals surface area contributed by atoms with Gasteiger partial charge in [0.25, 0.3) is 0 Å². The molecule has 0 saturated heterocycles. The summed E-state index contributed by atoms with van der Waals surface area (Å²) in [6.45, 7) is 4.63. The van der Waals surface area contributed by atoms with Gasteiger partial charge >= 0.3 is 0 Å². The number of unbranched alkanes of at least 4 members (excludes halogenated alkanes) is 1. The molecule has 1 aliphatic rings. The van der Waals surface area contributed by atoms with Crippen molar-refractivity contribution in [1.29, 1.82) is 0 Å². The first-order chi connectivity index (χ1) is 24.7. The molecular weight excluding hydrogens is 628 g/mol. The lowest BCUT2D eigenvalue weighted by Gasteiger charge is -2.49. The van der Waals surface area contributed by atoms with Crippen molar-refractivity contribution in [3.05, 3.63) is 155 Å². The van der Waals surface area contributed by atoms with Gasteiger partial charge in [0.15, 0.2) is 0 Å². The fourth-order valence-electron chi connectivity index (χ4n) is 6.32. The lowest BCUT2D eigenvalue weighted by atomic mass is 9.82. The third-order valence-corrected chi connectivity index (χ3v) is 9.02. The lowest BCUT2D eigenvalue weighted by Crippen LogP contribution is -2.69. The highest BCUT2D eigenvalue weighted by atomic mass is 16.6. The van der Waals surface area contributed by atoms with Gasteiger partial charge in [0.1, 0.15) is 30.5 Å². The smallest absolute Gasteiger partial charge is 0.115 e. The normalized spacial score (nSPS) is 22.0. The molecule has 6 rings (SSSR count). The quantitative estimate of drug-likeness (QED) is 0.112. The number of ether oxygens (including phenoxy) is 4. The maximum atomic E-state index is 12.3. The number of hydrogen-bond acceptors (Lipinski definition) is 8. The van der Waals surface area contributed by atoms with Crippen LogP contribution in [-0.4, -0.2) is 56.7 Å². The van der Waals surface area contributed by atoms with Crippen molar-refractivity contribution in [2.75, 3.05) is 0 Å². The molecule has 50 heavy (non-hydrogen) atoms. The molecule has 0 amide bonds. The maximum Gasteiger partial charge on any atom is 0.115 e. The number of benzene rings is 4. The molecule has 1 saturated carbocycles. The van der Waals surface area contributed by atoms with Crippen LogP contribution < -0.4 is 5.32 Å². The van der Waals surface area contributed by atoms with Crippen molar-refractivity contribution >= 4 is 0 Å². The average molecular weight is 677 g/mol. The van der Waals surface area contributed by atoms with E-state index < -0.39 is 36.6 Å². The zero-order chi connectivity index (χ0) is 34.4. The minimum atomic E-state index is -1.01. The zero-order valence-corrected chi connectivity index (χ0v) is 28.7. The highest BCUT2D eigenvalue weighted by Gasteiger charge is 2.53. The third kappa shape index (κ3) is 9.94. The van der Waals surface area contributed by atoms with E-state index in [4.69, 9.17) is 18.9 Å². The zero-order valence-electron chi connectivity index (χ0n) is 28.7. The van der Waals surface area contributed by atoms with Gasteiger partial charge in [-0.2, -0.15) is 0 Å². The largest absolute Gasteiger partial charge is 0.389 e. The van der Waals surface area contributed by atoms with Gasteiger partial charge in [-0.1, -0.05) is 140 Å². The van der Waals surface area contributed by atoms with Gasteiger partial charge < -0.3 is 29.4 Å². The fraction of sp³-hybridized carbons (Fsp3) is 0.366. The molecule has 1 aromatic heterocycles. The highest BCUT2D eigenvalue weighted by molar-refractivity contribution is 5.18. The minimum absolute atomic E-state index is 0.299. The van der Waals surface area contributed by atoms with Gasteiger partial charge in [0.2, 0.25) is 0 Å². The first-order valence-electron chi connectivity index (χ1n) is 17.6. The van der Waals surface area contributed by atoms with Crippen LogP contribution in [0.4, 0.5) is 0 Å². The minimum Gasteiger partial charge on any atom is -0.389 e. The summed E-state index contributed by atoms with van der Waals surface area (Å²) < 4.78 is 28.8. The second-order valence-corrected chi connectivity index (χ2v) is 12.8. The molecule has 1 fully saturated rings. The van der Waals surface area contributed by atoms with E-state index in [1.807, 2.05) is 132 Å². The molecule has 4 aromatic carbocycles. The number of aryl methyl sites for hydroxylation is 1. The Morgan fingerprint density at radius 1 is 0.600 bits per heavy atom. The molecule has 1 heterocycles. The van der Waals surface area contributed by atoms with Crippen molar-refractivity contribution < 1.29 is 24.1 Å². The second-order valence-electron chi connectivity index (χ2n) is 12.8. The topological polar surface area (TPSA) is 99.9 Å². The van der Waals surface area contributed by atoms with Crippen LogP contribution in [0.5, 0.6) is 0 Å². The molecule has 0 bridgehead atoms. The summed E-state index contributed by atoms with van der Waals surface area (Å²) in [5.41, 5.74) is 4.83. The van der Waals surface area contributed by atoms with E-state index in [-0.39, 0.29) is 0 Å². The second kappa shape index (κ2) is 18.7. The molecule has 5 aromatic rings. The Labute approximate surface area is 295 Å². The molecule has 0 unspecified atom stereocenters. The van der Waals surface area contributed by atoms with Crippen LogP contribution in [0, 0.1) is 0 Å². The third-order valence-electron chi connectivity index (χ3n) is 9.02. The molecule has 1 aliphatic carbocycles. The Balaban J connectivity index is 1.33. The summed E-state index contributed by atoms with van der Waals surface area (Å²) in [7, 11) is 0. The average Bonchev–Trinajstić information content (AvgIpc) is 3.63. The van der Waals surface area contributed by atoms with Gasteiger partial charge in [0.05, 0.1) is 38.2 Å². The summed E-state index contributed by atoms with van der Waals surface area (Å²) in [6, 6.07) is 39.5. The Kier molecular flexibility index (Phi) is 13.3. The van der Waals surface area contributed by atoms with Crippen LogP contribution in [0.15, 0.2) is 128 Å². The number of aliphatic hydroxyl groups is 1. The van der Waals surface area contributed by atoms with E-state index in [0.717, 1.165) is 47.3 Å². The van der Waals surface area contributed by atoms with E-state index in [9.17, 15) is 5.11 Å². The first kappa shape index (κ1) is 35.6. The van der Waals surface area contributed by atoms with Crippen LogP contribution in [-0.2, 0) is 58.5 Å². The van der Waals surface area contributed by atoms with Crippen LogP contribution in [0.25, 0.3) is 0 Å². The van der Waals surface area contributed by atoms with Crippen molar-refractivity contribution in [1.82, 2.24) is 20.3 Å². The molecule has 262 valence electrons. The molecule has 0 aliphatic heterocycles. The van der Waals surface area contributed by atoms with Crippen LogP contribution in [0.2, 0.25) is 0 Å². The van der Waals surface area contributed by atoms with Crippen molar-refractivity contribution in [3.8, 4) is 0 Å². The molecule has 0 spiro atoms. The van der Waals surface area contributed by atoms with Gasteiger partial charge in [-0.15, -0.1) is 5.10 Å². The number of hydrogen-bond donors (Lipinski definition) is 2. The molecule has 0 radical (unpaired) electrons. The molecule has 9 nitrogen and oxygen atoms in total. The number of aliphatic hydroxyl groups excluding tert-OH is 1. The Hall–Kier alpha value is -4.22. The van der Waals surface area contributed by atoms with Crippen molar-refractivity contribution in [2.45, 2.75) is 95.8 Å². The van der Waals surface area contributed by atoms with E-state index in [2.05, 4.69) is 22.6 Å². The van der Waals surface area contributed by atoms with E-state index >= 15 is 0 Å². The predicted octanol–water partition coefficient (Wildman–Crippen LogP) is 6.25. The Morgan fingerprint density at radius 2 is 1.02 bits per heavy atom. The Morgan fingerprint density at radius 3 is 1.48 bits per heavy atom. The SMILES string of the molecule is CCCCn1cc(CN[C@@H]2[C@@H](O)[C@H](OCc3ccccc3)[C@@H](OCc3ccccc3)[C@H](OCc3ccccc3)[C@H]2OCc2ccccc2)nn1. The Bertz CT molecular complexity index is 1660. The predicted molar refractivity (Wildman–Crippen MR) is 192 cm³/mol. The van der Waals surface area contributed by atoms with Gasteiger partial charge in [-0.05, 0) is 28.7 Å². The van der Waals surface area contributed by atoms with Gasteiger partial charge in [-0.3, -0.25) is 4.68 Å². The summed E-state index contributed by atoms with van der Waals surface area (Å²) in [4.78, 5) is 0. The fourth-order valence-corrected chi connectivity index (χ4v) is 6.32. The van der Waals surface area contributed by atoms with Crippen molar-refractivity contribution in [2.24, 2.45) is 0 Å². The van der Waals surface area contributed by atoms with Gasteiger partial charge in [-0.25, -0.2) is 0 Å².